The molecule has 2 heteroatoms. The van der Waals surface area contributed by atoms with Crippen molar-refractivity contribution in [2.75, 3.05) is 33.2 Å². The molecule has 1 saturated heterocycles. The van der Waals surface area contributed by atoms with Crippen molar-refractivity contribution >= 4 is 0 Å². The molecule has 12 heavy (non-hydrogen) atoms. The van der Waals surface area contributed by atoms with E-state index in [-0.39, 0.29) is 0 Å². The van der Waals surface area contributed by atoms with Gasteiger partial charge in [0, 0.05) is 13.1 Å². The highest BCUT2D eigenvalue weighted by Crippen LogP contribution is 2.16. The lowest BCUT2D eigenvalue weighted by atomic mass is 9.98. The Balaban J connectivity index is 2.24. The van der Waals surface area contributed by atoms with Crippen LogP contribution in [0.3, 0.4) is 0 Å². The Labute approximate surface area is 75.6 Å². The minimum absolute atomic E-state index is 0.829. The molecule has 70 valence electrons. The molecule has 2 atom stereocenters. The summed E-state index contributed by atoms with van der Waals surface area (Å²) in [5.74, 6) is 1.66. The summed E-state index contributed by atoms with van der Waals surface area (Å²) < 4.78 is 0. The van der Waals surface area contributed by atoms with Gasteiger partial charge in [-0.05, 0) is 32.0 Å². The van der Waals surface area contributed by atoms with Gasteiger partial charge in [0.15, 0.2) is 0 Å². The van der Waals surface area contributed by atoms with Gasteiger partial charge in [-0.3, -0.25) is 0 Å². The summed E-state index contributed by atoms with van der Waals surface area (Å²) in [6.07, 6.45) is 1.97. The molecule has 1 aliphatic heterocycles. The molecule has 1 heterocycles. The van der Waals surface area contributed by atoms with Gasteiger partial charge in [0.05, 0.1) is 0 Å². The molecule has 1 N–H and O–H groups in total. The number of hydrogen-bond donors (Lipinski definition) is 1. The van der Waals surface area contributed by atoms with Crippen molar-refractivity contribution in [3.8, 4) is 0 Å². The van der Waals surface area contributed by atoms with Gasteiger partial charge < -0.3 is 10.2 Å². The molecule has 1 rings (SSSR count). The lowest BCUT2D eigenvalue weighted by molar-refractivity contribution is 0.279. The summed E-state index contributed by atoms with van der Waals surface area (Å²) in [5, 5.41) is 3.42. The van der Waals surface area contributed by atoms with Gasteiger partial charge in [0.25, 0.3) is 0 Å². The normalized spacial score (nSPS) is 29.6. The fourth-order valence-electron chi connectivity index (χ4n) is 1.80. The first-order chi connectivity index (χ1) is 5.74. The van der Waals surface area contributed by atoms with Crippen LogP contribution in [0.25, 0.3) is 0 Å². The van der Waals surface area contributed by atoms with Crippen LogP contribution < -0.4 is 5.32 Å². The van der Waals surface area contributed by atoms with Gasteiger partial charge in [-0.1, -0.05) is 13.0 Å². The van der Waals surface area contributed by atoms with Gasteiger partial charge in [0.2, 0.25) is 0 Å². The van der Waals surface area contributed by atoms with Crippen molar-refractivity contribution in [1.82, 2.24) is 10.2 Å². The Morgan fingerprint density at radius 3 is 2.83 bits per heavy atom. The molecule has 0 unspecified atom stereocenters. The lowest BCUT2D eigenvalue weighted by Gasteiger charge is -2.21. The Hall–Kier alpha value is -0.340. The molecule has 2 nitrogen and oxygen atoms in total. The minimum Gasteiger partial charge on any atom is -0.316 e. The van der Waals surface area contributed by atoms with E-state index < -0.39 is 0 Å². The molecule has 1 aliphatic rings. The summed E-state index contributed by atoms with van der Waals surface area (Å²) in [5.41, 5.74) is 0. The highest BCUT2D eigenvalue weighted by Gasteiger charge is 2.23. The monoisotopic (exact) mass is 168 g/mol. The third kappa shape index (κ3) is 2.61. The van der Waals surface area contributed by atoms with Crippen molar-refractivity contribution < 1.29 is 0 Å². The van der Waals surface area contributed by atoms with Gasteiger partial charge in [-0.25, -0.2) is 0 Å². The highest BCUT2D eigenvalue weighted by atomic mass is 15.1. The fraction of sp³-hybridized carbons (Fsp3) is 0.800. The quantitative estimate of drug-likeness (QED) is 0.629. The largest absolute Gasteiger partial charge is 0.316 e. The van der Waals surface area contributed by atoms with Crippen LogP contribution in [0.5, 0.6) is 0 Å². The van der Waals surface area contributed by atoms with Crippen LogP contribution in [0.2, 0.25) is 0 Å². The molecule has 0 aromatic heterocycles. The molecule has 0 saturated carbocycles. The summed E-state index contributed by atoms with van der Waals surface area (Å²) in [7, 11) is 2.16. The fourth-order valence-corrected chi connectivity index (χ4v) is 1.80. The van der Waals surface area contributed by atoms with Gasteiger partial charge in [0.1, 0.15) is 0 Å². The number of nitrogens with zero attached hydrogens (tertiary/aromatic N) is 1. The van der Waals surface area contributed by atoms with E-state index in [1.54, 1.807) is 0 Å². The predicted octanol–water partition coefficient (Wildman–Crippen LogP) is 0.960. The van der Waals surface area contributed by atoms with Gasteiger partial charge >= 0.3 is 0 Å². The number of nitrogens with one attached hydrogen (secondary N) is 1. The van der Waals surface area contributed by atoms with Crippen LogP contribution >= 0.6 is 0 Å². The van der Waals surface area contributed by atoms with Crippen LogP contribution in [-0.4, -0.2) is 38.1 Å². The molecule has 0 amide bonds. The molecule has 0 aromatic carbocycles. The van der Waals surface area contributed by atoms with Crippen LogP contribution in [0, 0.1) is 11.8 Å². The molecule has 1 fully saturated rings. The van der Waals surface area contributed by atoms with E-state index in [1.165, 1.54) is 19.6 Å². The molecule has 0 aliphatic carbocycles. The lowest BCUT2D eigenvalue weighted by Crippen LogP contribution is -2.29. The van der Waals surface area contributed by atoms with Crippen molar-refractivity contribution in [3.05, 3.63) is 12.7 Å². The Morgan fingerprint density at radius 1 is 1.58 bits per heavy atom. The van der Waals surface area contributed by atoms with E-state index >= 15 is 0 Å². The van der Waals surface area contributed by atoms with Crippen LogP contribution in [0.15, 0.2) is 12.7 Å². The second-order valence-corrected chi connectivity index (χ2v) is 3.91. The zero-order valence-corrected chi connectivity index (χ0v) is 8.21. The number of rotatable bonds is 4. The van der Waals surface area contributed by atoms with E-state index in [2.05, 4.69) is 30.8 Å². The van der Waals surface area contributed by atoms with Crippen LogP contribution in [0.4, 0.5) is 0 Å². The highest BCUT2D eigenvalue weighted by molar-refractivity contribution is 4.81. The average molecular weight is 168 g/mol. The zero-order chi connectivity index (χ0) is 8.97. The van der Waals surface area contributed by atoms with E-state index in [1.807, 2.05) is 6.08 Å². The Morgan fingerprint density at radius 2 is 2.33 bits per heavy atom. The SMILES string of the molecule is C=CCN(C)C[C@@H]1CNC[C@H]1C. The van der Waals surface area contributed by atoms with Crippen LogP contribution in [0.1, 0.15) is 6.92 Å². The minimum atomic E-state index is 0.829. The standard InChI is InChI=1S/C10H20N2/c1-4-5-12(3)8-10-7-11-6-9(10)2/h4,9-11H,1,5-8H2,2-3H3/t9-,10+/m1/s1. The van der Waals surface area contributed by atoms with Crippen molar-refractivity contribution in [2.24, 2.45) is 11.8 Å². The first-order valence-electron chi connectivity index (χ1n) is 4.74. The Kier molecular flexibility index (Phi) is 3.76. The van der Waals surface area contributed by atoms with Crippen molar-refractivity contribution in [2.45, 2.75) is 6.92 Å². The first kappa shape index (κ1) is 9.75. The second-order valence-electron chi connectivity index (χ2n) is 3.91. The molecule has 0 bridgehead atoms. The van der Waals surface area contributed by atoms with Crippen LogP contribution in [-0.2, 0) is 0 Å². The maximum Gasteiger partial charge on any atom is 0.0157 e. The predicted molar refractivity (Wildman–Crippen MR) is 53.2 cm³/mol. The topological polar surface area (TPSA) is 15.3 Å². The molecular weight excluding hydrogens is 148 g/mol. The maximum atomic E-state index is 3.74. The summed E-state index contributed by atoms with van der Waals surface area (Å²) in [6.45, 7) is 10.6. The average Bonchev–Trinajstić information content (AvgIpc) is 2.37. The second kappa shape index (κ2) is 4.63. The zero-order valence-electron chi connectivity index (χ0n) is 8.21. The number of hydrogen-bond acceptors (Lipinski definition) is 2. The summed E-state index contributed by atoms with van der Waals surface area (Å²) in [6, 6.07) is 0. The Bertz CT molecular complexity index is 145. The summed E-state index contributed by atoms with van der Waals surface area (Å²) >= 11 is 0. The molecule has 0 aromatic rings. The van der Waals surface area contributed by atoms with Gasteiger partial charge in [-0.15, -0.1) is 6.58 Å². The number of likely N-dealkylation sites (N-methyl/N-ethyl adjacent to an activating group) is 1. The van der Waals surface area contributed by atoms with Gasteiger partial charge in [-0.2, -0.15) is 0 Å². The smallest absolute Gasteiger partial charge is 0.0157 e. The first-order valence-corrected chi connectivity index (χ1v) is 4.74. The van der Waals surface area contributed by atoms with E-state index in [4.69, 9.17) is 0 Å². The third-order valence-corrected chi connectivity index (χ3v) is 2.66. The van der Waals surface area contributed by atoms with Crippen molar-refractivity contribution in [1.29, 1.82) is 0 Å². The third-order valence-electron chi connectivity index (χ3n) is 2.66. The van der Waals surface area contributed by atoms with E-state index in [9.17, 15) is 0 Å². The molecule has 0 radical (unpaired) electrons. The van der Waals surface area contributed by atoms with Crippen molar-refractivity contribution in [3.63, 3.8) is 0 Å². The molecule has 0 spiro atoms. The maximum absolute atomic E-state index is 3.74. The molecular formula is C10H20N2. The van der Waals surface area contributed by atoms with E-state index in [0.717, 1.165) is 18.4 Å². The van der Waals surface area contributed by atoms with E-state index in [0.29, 0.717) is 0 Å². The summed E-state index contributed by atoms with van der Waals surface area (Å²) in [4.78, 5) is 2.33.